The molecule has 0 aliphatic rings. The molecular formula is C19H33N7O5S. The normalized spacial score (nSPS) is 13.6. The molecule has 0 radical (unpaired) electrons. The number of carbonyl (C=O) groups excluding carboxylic acids is 3. The number of nitrogens with one attached hydrogen (secondary N) is 4. The van der Waals surface area contributed by atoms with Crippen LogP contribution in [0, 0.1) is 0 Å². The van der Waals surface area contributed by atoms with E-state index in [2.05, 4.69) is 25.9 Å². The first-order chi connectivity index (χ1) is 15.3. The van der Waals surface area contributed by atoms with Gasteiger partial charge in [-0.05, 0) is 44.2 Å². The Bertz CT molecular complexity index is 732. The van der Waals surface area contributed by atoms with Crippen molar-refractivity contribution < 1.29 is 24.3 Å². The number of hydrogen-bond acceptors (Lipinski definition) is 8. The second kappa shape index (κ2) is 15.2. The van der Waals surface area contributed by atoms with E-state index in [1.54, 1.807) is 0 Å². The summed E-state index contributed by atoms with van der Waals surface area (Å²) in [5.41, 5.74) is 11.5. The fraction of sp³-hybridized carbons (Fsp3) is 0.632. The molecule has 0 spiro atoms. The first-order valence-corrected chi connectivity index (χ1v) is 11.7. The number of aromatic amines is 1. The molecule has 3 amide bonds. The number of H-pyrrole nitrogens is 1. The molecule has 0 saturated heterocycles. The van der Waals surface area contributed by atoms with E-state index in [1.807, 2.05) is 6.26 Å². The van der Waals surface area contributed by atoms with E-state index in [0.29, 0.717) is 30.8 Å². The molecule has 1 heterocycles. The van der Waals surface area contributed by atoms with Crippen LogP contribution in [0.15, 0.2) is 12.5 Å². The Labute approximate surface area is 191 Å². The number of imidazole rings is 1. The van der Waals surface area contributed by atoms with E-state index in [-0.39, 0.29) is 25.8 Å². The molecule has 0 fully saturated rings. The summed E-state index contributed by atoms with van der Waals surface area (Å²) in [6.45, 7) is 0.117. The maximum Gasteiger partial charge on any atom is 0.326 e. The zero-order valence-corrected chi connectivity index (χ0v) is 19.0. The highest BCUT2D eigenvalue weighted by atomic mass is 32.2. The number of thioether (sulfide) groups is 1. The summed E-state index contributed by atoms with van der Waals surface area (Å²) in [6, 6.07) is -3.05. The van der Waals surface area contributed by atoms with E-state index in [9.17, 15) is 24.3 Å². The van der Waals surface area contributed by atoms with Crippen LogP contribution in [-0.2, 0) is 25.6 Å². The van der Waals surface area contributed by atoms with Gasteiger partial charge in [0.1, 0.15) is 18.1 Å². The largest absolute Gasteiger partial charge is 0.480 e. The Hall–Kier alpha value is -2.64. The summed E-state index contributed by atoms with van der Waals surface area (Å²) in [6.07, 6.45) is 6.62. The molecule has 1 aromatic rings. The van der Waals surface area contributed by atoms with Crippen molar-refractivity contribution in [2.24, 2.45) is 11.5 Å². The quantitative estimate of drug-likeness (QED) is 0.137. The highest BCUT2D eigenvalue weighted by Crippen LogP contribution is 2.07. The van der Waals surface area contributed by atoms with Gasteiger partial charge >= 0.3 is 5.97 Å². The number of amides is 3. The Morgan fingerprint density at radius 1 is 1.06 bits per heavy atom. The summed E-state index contributed by atoms with van der Waals surface area (Å²) < 4.78 is 0. The zero-order chi connectivity index (χ0) is 23.9. The monoisotopic (exact) mass is 471 g/mol. The molecule has 32 heavy (non-hydrogen) atoms. The smallest absolute Gasteiger partial charge is 0.326 e. The van der Waals surface area contributed by atoms with Gasteiger partial charge in [0.2, 0.25) is 17.7 Å². The molecule has 1 rings (SSSR count). The lowest BCUT2D eigenvalue weighted by Gasteiger charge is -2.24. The van der Waals surface area contributed by atoms with Crippen molar-refractivity contribution in [3.8, 4) is 0 Å². The summed E-state index contributed by atoms with van der Waals surface area (Å²) in [7, 11) is 0. The fourth-order valence-electron chi connectivity index (χ4n) is 2.88. The predicted molar refractivity (Wildman–Crippen MR) is 121 cm³/mol. The van der Waals surface area contributed by atoms with Crippen LogP contribution in [0.3, 0.4) is 0 Å². The van der Waals surface area contributed by atoms with Crippen LogP contribution in [0.25, 0.3) is 0 Å². The number of aromatic nitrogens is 2. The molecular weight excluding hydrogens is 438 g/mol. The average molecular weight is 472 g/mol. The van der Waals surface area contributed by atoms with Gasteiger partial charge in [-0.2, -0.15) is 11.8 Å². The van der Waals surface area contributed by atoms with E-state index in [0.717, 1.165) is 0 Å². The number of rotatable bonds is 16. The lowest BCUT2D eigenvalue weighted by molar-refractivity contribution is -0.142. The molecule has 0 bridgehead atoms. The number of carboxylic acid groups (broad SMARTS) is 1. The van der Waals surface area contributed by atoms with Gasteiger partial charge < -0.3 is 37.5 Å². The number of hydrogen-bond donors (Lipinski definition) is 7. The standard InChI is InChI=1S/C19H33N7O5S/c1-32-7-5-14(19(30)31)26-17(28)13(4-2-3-6-20)25-18(29)15(24-16(27)9-21)8-12-10-22-11-23-12/h10-11,13-15H,2-9,20-21H2,1H3,(H,22,23)(H,24,27)(H,25,29)(H,26,28)(H,30,31). The highest BCUT2D eigenvalue weighted by Gasteiger charge is 2.29. The van der Waals surface area contributed by atoms with Gasteiger partial charge in [-0.25, -0.2) is 9.78 Å². The van der Waals surface area contributed by atoms with Crippen molar-refractivity contribution in [3.05, 3.63) is 18.2 Å². The van der Waals surface area contributed by atoms with Crippen molar-refractivity contribution in [3.63, 3.8) is 0 Å². The van der Waals surface area contributed by atoms with E-state index in [4.69, 9.17) is 11.5 Å². The Morgan fingerprint density at radius 3 is 2.31 bits per heavy atom. The first-order valence-electron chi connectivity index (χ1n) is 10.3. The first kappa shape index (κ1) is 27.4. The topological polar surface area (TPSA) is 205 Å². The van der Waals surface area contributed by atoms with Crippen LogP contribution in [0.4, 0.5) is 0 Å². The van der Waals surface area contributed by atoms with Gasteiger partial charge in [-0.15, -0.1) is 0 Å². The Balaban J connectivity index is 2.93. The highest BCUT2D eigenvalue weighted by molar-refractivity contribution is 7.98. The maximum absolute atomic E-state index is 12.9. The summed E-state index contributed by atoms with van der Waals surface area (Å²) in [5, 5.41) is 17.1. The average Bonchev–Trinajstić information content (AvgIpc) is 3.28. The molecule has 0 saturated carbocycles. The minimum absolute atomic E-state index is 0.111. The van der Waals surface area contributed by atoms with Crippen molar-refractivity contribution in [1.29, 1.82) is 0 Å². The maximum atomic E-state index is 12.9. The fourth-order valence-corrected chi connectivity index (χ4v) is 3.35. The van der Waals surface area contributed by atoms with Gasteiger partial charge in [-0.1, -0.05) is 0 Å². The molecule has 0 aliphatic carbocycles. The van der Waals surface area contributed by atoms with E-state index in [1.165, 1.54) is 24.3 Å². The lowest BCUT2D eigenvalue weighted by Crippen LogP contribution is -2.56. The van der Waals surface area contributed by atoms with E-state index < -0.39 is 41.8 Å². The van der Waals surface area contributed by atoms with Crippen molar-refractivity contribution in [2.75, 3.05) is 25.1 Å². The van der Waals surface area contributed by atoms with Gasteiger partial charge in [0.25, 0.3) is 0 Å². The summed E-state index contributed by atoms with van der Waals surface area (Å²) >= 11 is 1.47. The third-order valence-corrected chi connectivity index (χ3v) is 5.27. The number of carboxylic acids is 1. The minimum Gasteiger partial charge on any atom is -0.480 e. The zero-order valence-electron chi connectivity index (χ0n) is 18.1. The van der Waals surface area contributed by atoms with Crippen molar-refractivity contribution in [1.82, 2.24) is 25.9 Å². The SMILES string of the molecule is CSCCC(NC(=O)C(CCCCN)NC(=O)C(Cc1cnc[nH]1)NC(=O)CN)C(=O)O. The number of carbonyl (C=O) groups is 4. The molecule has 3 unspecified atom stereocenters. The van der Waals surface area contributed by atoms with Gasteiger partial charge in [0.15, 0.2) is 0 Å². The van der Waals surface area contributed by atoms with Gasteiger partial charge in [0.05, 0.1) is 12.9 Å². The lowest BCUT2D eigenvalue weighted by atomic mass is 10.1. The molecule has 1 aromatic heterocycles. The third-order valence-electron chi connectivity index (χ3n) is 4.62. The van der Waals surface area contributed by atoms with Crippen LogP contribution >= 0.6 is 11.8 Å². The van der Waals surface area contributed by atoms with Crippen LogP contribution in [0.2, 0.25) is 0 Å². The van der Waals surface area contributed by atoms with Crippen molar-refractivity contribution >= 4 is 35.5 Å². The molecule has 0 aliphatic heterocycles. The van der Waals surface area contributed by atoms with Crippen LogP contribution in [-0.4, -0.2) is 82.0 Å². The molecule has 3 atom stereocenters. The Morgan fingerprint density at radius 2 is 1.75 bits per heavy atom. The Kier molecular flexibility index (Phi) is 13.0. The number of aliphatic carboxylic acids is 1. The van der Waals surface area contributed by atoms with Crippen LogP contribution in [0.5, 0.6) is 0 Å². The summed E-state index contributed by atoms with van der Waals surface area (Å²) in [5.74, 6) is -2.32. The van der Waals surface area contributed by atoms with E-state index >= 15 is 0 Å². The number of nitrogens with zero attached hydrogens (tertiary/aromatic N) is 1. The molecule has 180 valence electrons. The number of nitrogens with two attached hydrogens (primary N) is 2. The van der Waals surface area contributed by atoms with Gasteiger partial charge in [-0.3, -0.25) is 14.4 Å². The van der Waals surface area contributed by atoms with Gasteiger partial charge in [0, 0.05) is 18.3 Å². The molecule has 9 N–H and O–H groups in total. The molecule has 0 aromatic carbocycles. The predicted octanol–water partition coefficient (Wildman–Crippen LogP) is -1.67. The van der Waals surface area contributed by atoms with Crippen molar-refractivity contribution in [2.45, 2.75) is 50.2 Å². The van der Waals surface area contributed by atoms with Crippen LogP contribution in [0.1, 0.15) is 31.4 Å². The molecule has 13 heteroatoms. The molecule has 12 nitrogen and oxygen atoms in total. The minimum atomic E-state index is -1.15. The number of unbranched alkanes of at least 4 members (excludes halogenated alkanes) is 1. The summed E-state index contributed by atoms with van der Waals surface area (Å²) in [4.78, 5) is 55.8. The van der Waals surface area contributed by atoms with Crippen LogP contribution < -0.4 is 27.4 Å². The second-order valence-electron chi connectivity index (χ2n) is 7.13. The second-order valence-corrected chi connectivity index (χ2v) is 8.12. The third kappa shape index (κ3) is 10.1.